The van der Waals surface area contributed by atoms with Crippen LogP contribution in [0.2, 0.25) is 5.02 Å². The molecule has 4 nitrogen and oxygen atoms in total. The Balaban J connectivity index is 2.19. The molecule has 0 saturated carbocycles. The van der Waals surface area contributed by atoms with Gasteiger partial charge in [-0.25, -0.2) is 0 Å². The molecule has 0 spiro atoms. The van der Waals surface area contributed by atoms with Crippen LogP contribution in [0, 0.1) is 0 Å². The average Bonchev–Trinajstić information content (AvgIpc) is 2.78. The standard InChI is InChI=1S/C28H39ClN2O2/c1-7-20(3)30-27(33)25(8-2)31(19-22-11-16-24(29)17-12-22)26(32)18-13-21-9-14-23(15-10-21)28(4,5)6/h9-12,14-17,20,25H,7-8,13,18-19H2,1-6H3,(H,30,33)/t20-,25-/m1/s1. The highest BCUT2D eigenvalue weighted by molar-refractivity contribution is 6.30. The molecule has 0 fully saturated rings. The molecule has 33 heavy (non-hydrogen) atoms. The maximum absolute atomic E-state index is 13.4. The van der Waals surface area contributed by atoms with Crippen LogP contribution in [-0.2, 0) is 28.0 Å². The van der Waals surface area contributed by atoms with Crippen LogP contribution in [-0.4, -0.2) is 28.8 Å². The number of hydrogen-bond acceptors (Lipinski definition) is 2. The molecule has 2 amide bonds. The number of rotatable bonds is 10. The van der Waals surface area contributed by atoms with E-state index in [2.05, 4.69) is 50.4 Å². The van der Waals surface area contributed by atoms with E-state index in [1.54, 1.807) is 4.90 Å². The maximum Gasteiger partial charge on any atom is 0.243 e. The molecule has 0 saturated heterocycles. The third kappa shape index (κ3) is 8.19. The number of benzene rings is 2. The van der Waals surface area contributed by atoms with Crippen molar-refractivity contribution in [2.45, 2.75) is 91.3 Å². The Bertz CT molecular complexity index is 901. The highest BCUT2D eigenvalue weighted by Gasteiger charge is 2.29. The first-order chi connectivity index (χ1) is 15.5. The van der Waals surface area contributed by atoms with E-state index in [-0.39, 0.29) is 23.3 Å². The quantitative estimate of drug-likeness (QED) is 0.443. The van der Waals surface area contributed by atoms with Crippen LogP contribution in [0.25, 0.3) is 0 Å². The third-order valence-corrected chi connectivity index (χ3v) is 6.35. The summed E-state index contributed by atoms with van der Waals surface area (Å²) in [6, 6.07) is 15.5. The second-order valence-corrected chi connectivity index (χ2v) is 10.3. The summed E-state index contributed by atoms with van der Waals surface area (Å²) in [4.78, 5) is 28.1. The lowest BCUT2D eigenvalue weighted by Gasteiger charge is -2.31. The van der Waals surface area contributed by atoms with Gasteiger partial charge < -0.3 is 10.2 Å². The molecule has 5 heteroatoms. The van der Waals surface area contributed by atoms with Gasteiger partial charge in [0.1, 0.15) is 6.04 Å². The van der Waals surface area contributed by atoms with Gasteiger partial charge in [0.25, 0.3) is 0 Å². The van der Waals surface area contributed by atoms with E-state index in [1.807, 2.05) is 45.0 Å². The van der Waals surface area contributed by atoms with E-state index in [1.165, 1.54) is 5.56 Å². The van der Waals surface area contributed by atoms with Crippen LogP contribution in [0.3, 0.4) is 0 Å². The van der Waals surface area contributed by atoms with Crippen LogP contribution in [0.4, 0.5) is 0 Å². The third-order valence-electron chi connectivity index (χ3n) is 6.10. The number of nitrogens with one attached hydrogen (secondary N) is 1. The van der Waals surface area contributed by atoms with Gasteiger partial charge in [0.15, 0.2) is 0 Å². The van der Waals surface area contributed by atoms with Crippen LogP contribution in [0.15, 0.2) is 48.5 Å². The molecule has 0 bridgehead atoms. The van der Waals surface area contributed by atoms with Crippen molar-refractivity contribution in [3.05, 3.63) is 70.2 Å². The van der Waals surface area contributed by atoms with Gasteiger partial charge in [-0.3, -0.25) is 9.59 Å². The fourth-order valence-electron chi connectivity index (χ4n) is 3.71. The summed E-state index contributed by atoms with van der Waals surface area (Å²) in [7, 11) is 0. The monoisotopic (exact) mass is 470 g/mol. The smallest absolute Gasteiger partial charge is 0.243 e. The highest BCUT2D eigenvalue weighted by atomic mass is 35.5. The predicted molar refractivity (Wildman–Crippen MR) is 137 cm³/mol. The maximum atomic E-state index is 13.4. The van der Waals surface area contributed by atoms with Crippen molar-refractivity contribution in [1.29, 1.82) is 0 Å². The van der Waals surface area contributed by atoms with E-state index >= 15 is 0 Å². The minimum absolute atomic E-state index is 0.0176. The molecule has 1 N–H and O–H groups in total. The molecule has 2 aromatic carbocycles. The molecule has 0 radical (unpaired) electrons. The Kier molecular flexibility index (Phi) is 9.97. The highest BCUT2D eigenvalue weighted by Crippen LogP contribution is 2.23. The van der Waals surface area contributed by atoms with E-state index in [0.29, 0.717) is 30.8 Å². The molecule has 0 aliphatic carbocycles. The topological polar surface area (TPSA) is 49.4 Å². The van der Waals surface area contributed by atoms with Crippen LogP contribution < -0.4 is 5.32 Å². The minimum Gasteiger partial charge on any atom is -0.352 e. The summed E-state index contributed by atoms with van der Waals surface area (Å²) in [6.07, 6.45) is 2.40. The van der Waals surface area contributed by atoms with E-state index in [0.717, 1.165) is 17.5 Å². The molecule has 0 aliphatic rings. The number of aryl methyl sites for hydroxylation is 1. The fraction of sp³-hybridized carbons (Fsp3) is 0.500. The van der Waals surface area contributed by atoms with E-state index in [4.69, 9.17) is 11.6 Å². The Hall–Kier alpha value is -2.33. The van der Waals surface area contributed by atoms with Crippen molar-refractivity contribution in [2.75, 3.05) is 0 Å². The van der Waals surface area contributed by atoms with Crippen molar-refractivity contribution in [2.24, 2.45) is 0 Å². The summed E-state index contributed by atoms with van der Waals surface area (Å²) < 4.78 is 0. The van der Waals surface area contributed by atoms with E-state index in [9.17, 15) is 9.59 Å². The second kappa shape index (κ2) is 12.2. The van der Waals surface area contributed by atoms with Gasteiger partial charge in [-0.05, 0) is 60.4 Å². The molecule has 0 aromatic heterocycles. The van der Waals surface area contributed by atoms with Crippen molar-refractivity contribution in [3.8, 4) is 0 Å². The predicted octanol–water partition coefficient (Wildman–Crippen LogP) is 6.29. The number of carbonyl (C=O) groups is 2. The number of amides is 2. The van der Waals surface area contributed by atoms with Gasteiger partial charge in [0.05, 0.1) is 0 Å². The van der Waals surface area contributed by atoms with Crippen LogP contribution in [0.1, 0.15) is 77.5 Å². The number of nitrogens with zero attached hydrogens (tertiary/aromatic N) is 1. The van der Waals surface area contributed by atoms with Gasteiger partial charge in [0.2, 0.25) is 11.8 Å². The average molecular weight is 471 g/mol. The molecule has 2 atom stereocenters. The van der Waals surface area contributed by atoms with Gasteiger partial charge in [-0.1, -0.05) is 82.6 Å². The zero-order valence-electron chi connectivity index (χ0n) is 21.0. The normalized spacial score (nSPS) is 13.3. The minimum atomic E-state index is -0.509. The van der Waals surface area contributed by atoms with Crippen LogP contribution in [0.5, 0.6) is 0 Å². The first kappa shape index (κ1) is 26.9. The lowest BCUT2D eigenvalue weighted by atomic mass is 9.86. The summed E-state index contributed by atoms with van der Waals surface area (Å²) in [5, 5.41) is 3.70. The molecule has 2 rings (SSSR count). The Morgan fingerprint density at radius 2 is 1.52 bits per heavy atom. The van der Waals surface area contributed by atoms with E-state index < -0.39 is 6.04 Å². The first-order valence-corrected chi connectivity index (χ1v) is 12.4. The summed E-state index contributed by atoms with van der Waals surface area (Å²) in [6.45, 7) is 12.9. The fourth-order valence-corrected chi connectivity index (χ4v) is 3.84. The van der Waals surface area contributed by atoms with Crippen molar-refractivity contribution < 1.29 is 9.59 Å². The van der Waals surface area contributed by atoms with Crippen molar-refractivity contribution in [3.63, 3.8) is 0 Å². The molecule has 2 aromatic rings. The summed E-state index contributed by atoms with van der Waals surface area (Å²) in [5.74, 6) is -0.111. The number of halogens is 1. The number of hydrogen-bond donors (Lipinski definition) is 1. The summed E-state index contributed by atoms with van der Waals surface area (Å²) in [5.41, 5.74) is 3.45. The molecular formula is C28H39ClN2O2. The van der Waals surface area contributed by atoms with Gasteiger partial charge in [0, 0.05) is 24.0 Å². The molecule has 0 heterocycles. The summed E-state index contributed by atoms with van der Waals surface area (Å²) >= 11 is 6.04. The van der Waals surface area contributed by atoms with Gasteiger partial charge >= 0.3 is 0 Å². The molecule has 180 valence electrons. The molecule has 0 unspecified atom stereocenters. The molecular weight excluding hydrogens is 432 g/mol. The lowest BCUT2D eigenvalue weighted by Crippen LogP contribution is -2.50. The zero-order chi connectivity index (χ0) is 24.6. The second-order valence-electron chi connectivity index (χ2n) is 9.84. The van der Waals surface area contributed by atoms with Crippen molar-refractivity contribution in [1.82, 2.24) is 10.2 Å². The zero-order valence-corrected chi connectivity index (χ0v) is 21.7. The SMILES string of the molecule is CC[C@@H](C)NC(=O)[C@@H](CC)N(Cc1ccc(Cl)cc1)C(=O)CCc1ccc(C(C)(C)C)cc1. The van der Waals surface area contributed by atoms with Gasteiger partial charge in [-0.2, -0.15) is 0 Å². The lowest BCUT2D eigenvalue weighted by molar-refractivity contribution is -0.141. The Morgan fingerprint density at radius 3 is 2.03 bits per heavy atom. The first-order valence-electron chi connectivity index (χ1n) is 12.0. The molecule has 0 aliphatic heterocycles. The Labute approximate surface area is 204 Å². The largest absolute Gasteiger partial charge is 0.352 e. The Morgan fingerprint density at radius 1 is 0.939 bits per heavy atom. The number of carbonyl (C=O) groups excluding carboxylic acids is 2. The van der Waals surface area contributed by atoms with Gasteiger partial charge in [-0.15, -0.1) is 0 Å². The van der Waals surface area contributed by atoms with Crippen LogP contribution >= 0.6 is 11.6 Å². The van der Waals surface area contributed by atoms with Crippen molar-refractivity contribution >= 4 is 23.4 Å².